The van der Waals surface area contributed by atoms with E-state index in [1.807, 2.05) is 0 Å². The minimum atomic E-state index is 0.178. The van der Waals surface area contributed by atoms with Gasteiger partial charge in [0.2, 0.25) is 0 Å². The molecule has 0 aliphatic rings. The molecule has 104 valence electrons. The van der Waals surface area contributed by atoms with Gasteiger partial charge in [-0.3, -0.25) is 0 Å². The molecule has 0 fully saturated rings. The molecule has 0 N–H and O–H groups in total. The number of thiophene rings is 1. The highest BCUT2D eigenvalue weighted by Gasteiger charge is 2.22. The molecule has 1 aromatic heterocycles. The molecule has 8 heteroatoms. The van der Waals surface area contributed by atoms with Gasteiger partial charge in [0.15, 0.2) is 0 Å². The SMILES string of the molecule is Clc1cc(Cl)c2sc3c(Cl)c(Cl)c(Cl)c(Cl)c3c2c1Cl. The van der Waals surface area contributed by atoms with Crippen molar-refractivity contribution in [1.29, 1.82) is 0 Å². The molecular weight excluding hydrogens is 424 g/mol. The van der Waals surface area contributed by atoms with Crippen molar-refractivity contribution in [2.45, 2.75) is 0 Å². The molecule has 20 heavy (non-hydrogen) atoms. The van der Waals surface area contributed by atoms with Crippen LogP contribution in [0.4, 0.5) is 0 Å². The van der Waals surface area contributed by atoms with Gasteiger partial charge in [-0.2, -0.15) is 0 Å². The van der Waals surface area contributed by atoms with Gasteiger partial charge < -0.3 is 0 Å². The normalized spacial score (nSPS) is 11.8. The third-order valence-corrected chi connectivity index (χ3v) is 7.16. The maximum absolute atomic E-state index is 6.29. The Bertz CT molecular complexity index is 881. The van der Waals surface area contributed by atoms with Crippen LogP contribution in [0.15, 0.2) is 6.07 Å². The molecule has 0 nitrogen and oxygen atoms in total. The summed E-state index contributed by atoms with van der Waals surface area (Å²) in [5.74, 6) is 0. The van der Waals surface area contributed by atoms with Gasteiger partial charge in [-0.25, -0.2) is 0 Å². The summed E-state index contributed by atoms with van der Waals surface area (Å²) in [5.41, 5.74) is 0. The van der Waals surface area contributed by atoms with Crippen LogP contribution in [0, 0.1) is 0 Å². The average molecular weight is 425 g/mol. The van der Waals surface area contributed by atoms with Crippen molar-refractivity contribution in [3.05, 3.63) is 41.2 Å². The molecule has 0 aliphatic carbocycles. The van der Waals surface area contributed by atoms with Gasteiger partial charge in [-0.05, 0) is 6.07 Å². The van der Waals surface area contributed by atoms with Crippen LogP contribution in [0.5, 0.6) is 0 Å². The van der Waals surface area contributed by atoms with Crippen LogP contribution in [-0.2, 0) is 0 Å². The summed E-state index contributed by atoms with van der Waals surface area (Å²) < 4.78 is 1.41. The number of rotatable bonds is 0. The first-order chi connectivity index (χ1) is 9.34. The lowest BCUT2D eigenvalue weighted by molar-refractivity contribution is 1.82. The van der Waals surface area contributed by atoms with Gasteiger partial charge in [0.1, 0.15) is 0 Å². The minimum absolute atomic E-state index is 0.178. The molecule has 2 aromatic carbocycles. The van der Waals surface area contributed by atoms with Gasteiger partial charge in [0.05, 0.1) is 44.6 Å². The van der Waals surface area contributed by atoms with Gasteiger partial charge in [-0.15, -0.1) is 11.3 Å². The third-order valence-electron chi connectivity index (χ3n) is 2.80. The zero-order chi connectivity index (χ0) is 14.8. The fourth-order valence-electron chi connectivity index (χ4n) is 1.93. The van der Waals surface area contributed by atoms with Crippen molar-refractivity contribution in [3.63, 3.8) is 0 Å². The largest absolute Gasteiger partial charge is 0.132 e. The van der Waals surface area contributed by atoms with Gasteiger partial charge in [-0.1, -0.05) is 81.2 Å². The van der Waals surface area contributed by atoms with E-state index in [1.165, 1.54) is 11.3 Å². The van der Waals surface area contributed by atoms with Crippen LogP contribution < -0.4 is 0 Å². The molecule has 3 rings (SSSR count). The van der Waals surface area contributed by atoms with E-state index in [2.05, 4.69) is 0 Å². The zero-order valence-corrected chi connectivity index (χ0v) is 15.2. The van der Waals surface area contributed by atoms with Crippen LogP contribution in [0.2, 0.25) is 35.2 Å². The van der Waals surface area contributed by atoms with E-state index in [1.54, 1.807) is 6.07 Å². The monoisotopic (exact) mass is 422 g/mol. The molecule has 0 aliphatic heterocycles. The van der Waals surface area contributed by atoms with E-state index in [9.17, 15) is 0 Å². The Balaban J connectivity index is 2.72. The summed E-state index contributed by atoms with van der Waals surface area (Å²) >= 11 is 44.6. The molecule has 0 bridgehead atoms. The molecule has 0 spiro atoms. The Morgan fingerprint density at radius 2 is 1.10 bits per heavy atom. The summed E-state index contributed by atoms with van der Waals surface area (Å²) in [6.45, 7) is 0. The predicted octanol–water partition coefficient (Wildman–Crippen LogP) is 8.63. The summed E-state index contributed by atoms with van der Waals surface area (Å²) in [5, 5.41) is 3.39. The van der Waals surface area contributed by atoms with Crippen LogP contribution in [-0.4, -0.2) is 0 Å². The van der Waals surface area contributed by atoms with E-state index in [4.69, 9.17) is 81.2 Å². The maximum atomic E-state index is 6.29. The van der Waals surface area contributed by atoms with E-state index in [0.29, 0.717) is 35.6 Å². The first kappa shape index (κ1) is 15.6. The van der Waals surface area contributed by atoms with Crippen molar-refractivity contribution in [1.82, 2.24) is 0 Å². The Morgan fingerprint density at radius 1 is 0.550 bits per heavy atom. The Labute approximate surface area is 153 Å². The Hall–Kier alpha value is 0.690. The summed E-state index contributed by atoms with van der Waals surface area (Å²) in [6, 6.07) is 1.58. The van der Waals surface area contributed by atoms with Gasteiger partial charge in [0, 0.05) is 10.8 Å². The predicted molar refractivity (Wildman–Crippen MR) is 94.4 cm³/mol. The molecule has 0 radical (unpaired) electrons. The van der Waals surface area contributed by atoms with E-state index in [-0.39, 0.29) is 15.1 Å². The minimum Gasteiger partial charge on any atom is -0.132 e. The summed E-state index contributed by atoms with van der Waals surface area (Å²) in [6.07, 6.45) is 0. The van der Waals surface area contributed by atoms with Crippen LogP contribution in [0.1, 0.15) is 0 Å². The number of hydrogen-bond acceptors (Lipinski definition) is 1. The van der Waals surface area contributed by atoms with E-state index in [0.717, 1.165) is 4.70 Å². The molecular formula is C12HCl7S. The lowest BCUT2D eigenvalue weighted by Crippen LogP contribution is -1.79. The fourth-order valence-corrected chi connectivity index (χ4v) is 5.15. The lowest BCUT2D eigenvalue weighted by Gasteiger charge is -2.06. The van der Waals surface area contributed by atoms with Crippen molar-refractivity contribution < 1.29 is 0 Å². The Morgan fingerprint density at radius 3 is 1.75 bits per heavy atom. The highest BCUT2D eigenvalue weighted by atomic mass is 35.5. The lowest BCUT2D eigenvalue weighted by atomic mass is 10.1. The molecule has 1 heterocycles. The second-order valence-electron chi connectivity index (χ2n) is 3.92. The van der Waals surface area contributed by atoms with Crippen molar-refractivity contribution in [3.8, 4) is 0 Å². The maximum Gasteiger partial charge on any atom is 0.0808 e. The fraction of sp³-hybridized carbons (Fsp3) is 0. The van der Waals surface area contributed by atoms with Gasteiger partial charge >= 0.3 is 0 Å². The standard InChI is InChI=1S/C12HCl7S/c13-2-1-3(14)11-4(6(2)15)5-7(16)8(17)9(18)10(19)12(5)20-11/h1H. The number of hydrogen-bond donors (Lipinski definition) is 0. The smallest absolute Gasteiger partial charge is 0.0808 e. The molecule has 3 aromatic rings. The van der Waals surface area contributed by atoms with Crippen LogP contribution in [0.25, 0.3) is 20.2 Å². The second kappa shape index (κ2) is 5.40. The average Bonchev–Trinajstić information content (AvgIpc) is 2.81. The van der Waals surface area contributed by atoms with Gasteiger partial charge in [0.25, 0.3) is 0 Å². The highest BCUT2D eigenvalue weighted by Crippen LogP contribution is 2.52. The highest BCUT2D eigenvalue weighted by molar-refractivity contribution is 7.27. The first-order valence-corrected chi connectivity index (χ1v) is 8.52. The van der Waals surface area contributed by atoms with Crippen LogP contribution >= 0.6 is 92.5 Å². The van der Waals surface area contributed by atoms with Crippen molar-refractivity contribution >= 4 is 113 Å². The van der Waals surface area contributed by atoms with E-state index < -0.39 is 0 Å². The van der Waals surface area contributed by atoms with Crippen molar-refractivity contribution in [2.24, 2.45) is 0 Å². The third kappa shape index (κ3) is 2.11. The second-order valence-corrected chi connectivity index (χ2v) is 7.65. The van der Waals surface area contributed by atoms with E-state index >= 15 is 0 Å². The Kier molecular flexibility index (Phi) is 4.21. The summed E-state index contributed by atoms with van der Waals surface area (Å²) in [7, 11) is 0. The zero-order valence-electron chi connectivity index (χ0n) is 9.13. The molecule has 0 unspecified atom stereocenters. The molecule has 0 saturated heterocycles. The molecule has 0 atom stereocenters. The first-order valence-electron chi connectivity index (χ1n) is 5.06. The topological polar surface area (TPSA) is 0 Å². The molecule has 0 amide bonds. The number of fused-ring (bicyclic) bond motifs is 3. The molecule has 0 saturated carbocycles. The van der Waals surface area contributed by atoms with Crippen LogP contribution in [0.3, 0.4) is 0 Å². The summed E-state index contributed by atoms with van der Waals surface area (Å²) in [4.78, 5) is 0. The number of halogens is 7. The van der Waals surface area contributed by atoms with Crippen molar-refractivity contribution in [2.75, 3.05) is 0 Å². The quantitative estimate of drug-likeness (QED) is 0.250. The number of benzene rings is 2.